The lowest BCUT2D eigenvalue weighted by Crippen LogP contribution is -2.02. The maximum Gasteiger partial charge on any atom is 0.0912 e. The van der Waals surface area contributed by atoms with Crippen LogP contribution in [0.2, 0.25) is 5.02 Å². The molecule has 1 aromatic carbocycles. The molecule has 0 atom stereocenters. The van der Waals surface area contributed by atoms with Gasteiger partial charge in [0.15, 0.2) is 0 Å². The summed E-state index contributed by atoms with van der Waals surface area (Å²) in [6.45, 7) is 5.23. The normalized spacial score (nSPS) is 10.8. The van der Waals surface area contributed by atoms with E-state index in [9.17, 15) is 0 Å². The van der Waals surface area contributed by atoms with E-state index in [1.165, 1.54) is 0 Å². The molecule has 0 saturated carbocycles. The minimum atomic E-state index is 0.720. The molecular weight excluding hydrogens is 232 g/mol. The van der Waals surface area contributed by atoms with Crippen molar-refractivity contribution in [2.75, 3.05) is 11.9 Å². The smallest absolute Gasteiger partial charge is 0.0912 e. The topological polar surface area (TPSA) is 24.9 Å². The SMILES string of the molecule is CCCNc1cc(CC)nc2c(Cl)cccc12. The van der Waals surface area contributed by atoms with Crippen molar-refractivity contribution in [1.82, 2.24) is 4.98 Å². The molecule has 0 radical (unpaired) electrons. The monoisotopic (exact) mass is 248 g/mol. The van der Waals surface area contributed by atoms with Crippen LogP contribution in [0.4, 0.5) is 5.69 Å². The van der Waals surface area contributed by atoms with Gasteiger partial charge in [0.2, 0.25) is 0 Å². The van der Waals surface area contributed by atoms with Gasteiger partial charge in [-0.05, 0) is 25.0 Å². The van der Waals surface area contributed by atoms with Crippen molar-refractivity contribution in [3.8, 4) is 0 Å². The van der Waals surface area contributed by atoms with E-state index < -0.39 is 0 Å². The van der Waals surface area contributed by atoms with E-state index in [-0.39, 0.29) is 0 Å². The highest BCUT2D eigenvalue weighted by Gasteiger charge is 2.07. The van der Waals surface area contributed by atoms with Crippen molar-refractivity contribution < 1.29 is 0 Å². The molecule has 0 aliphatic carbocycles. The van der Waals surface area contributed by atoms with Gasteiger partial charge in [0, 0.05) is 23.3 Å². The zero-order valence-corrected chi connectivity index (χ0v) is 11.0. The molecule has 0 fully saturated rings. The third kappa shape index (κ3) is 2.52. The molecule has 0 amide bonds. The van der Waals surface area contributed by atoms with Gasteiger partial charge < -0.3 is 5.32 Å². The van der Waals surface area contributed by atoms with Crippen LogP contribution < -0.4 is 5.32 Å². The van der Waals surface area contributed by atoms with Crippen molar-refractivity contribution in [2.45, 2.75) is 26.7 Å². The first-order valence-electron chi connectivity index (χ1n) is 6.08. The van der Waals surface area contributed by atoms with Gasteiger partial charge in [0.05, 0.1) is 10.5 Å². The number of hydrogen-bond acceptors (Lipinski definition) is 2. The Morgan fingerprint density at radius 2 is 2.12 bits per heavy atom. The van der Waals surface area contributed by atoms with Gasteiger partial charge in [-0.1, -0.05) is 37.6 Å². The number of halogens is 1. The Hall–Kier alpha value is -1.28. The summed E-state index contributed by atoms with van der Waals surface area (Å²) in [5.41, 5.74) is 3.10. The third-order valence-electron chi connectivity index (χ3n) is 2.77. The molecule has 2 nitrogen and oxygen atoms in total. The molecule has 1 aromatic heterocycles. The Kier molecular flexibility index (Phi) is 3.85. The predicted molar refractivity (Wildman–Crippen MR) is 74.9 cm³/mol. The van der Waals surface area contributed by atoms with E-state index in [1.54, 1.807) is 0 Å². The predicted octanol–water partition coefficient (Wildman–Crippen LogP) is 4.27. The molecule has 90 valence electrons. The Morgan fingerprint density at radius 3 is 2.82 bits per heavy atom. The average Bonchev–Trinajstić information content (AvgIpc) is 2.36. The minimum Gasteiger partial charge on any atom is -0.384 e. The maximum atomic E-state index is 6.20. The number of hydrogen-bond donors (Lipinski definition) is 1. The van der Waals surface area contributed by atoms with Crippen LogP contribution in [-0.4, -0.2) is 11.5 Å². The molecule has 0 aliphatic rings. The van der Waals surface area contributed by atoms with Crippen molar-refractivity contribution >= 4 is 28.2 Å². The molecule has 2 aromatic rings. The number of pyridine rings is 1. The van der Waals surface area contributed by atoms with Crippen LogP contribution in [0.25, 0.3) is 10.9 Å². The number of nitrogens with one attached hydrogen (secondary N) is 1. The first-order valence-corrected chi connectivity index (χ1v) is 6.46. The van der Waals surface area contributed by atoms with Gasteiger partial charge in [-0.2, -0.15) is 0 Å². The molecule has 3 heteroatoms. The summed E-state index contributed by atoms with van der Waals surface area (Å²) in [5.74, 6) is 0. The molecule has 2 rings (SSSR count). The first-order chi connectivity index (χ1) is 8.26. The van der Waals surface area contributed by atoms with Gasteiger partial charge in [-0.25, -0.2) is 0 Å². The number of nitrogens with zero attached hydrogens (tertiary/aromatic N) is 1. The van der Waals surface area contributed by atoms with Crippen molar-refractivity contribution in [2.24, 2.45) is 0 Å². The largest absolute Gasteiger partial charge is 0.384 e. The second-order valence-corrected chi connectivity index (χ2v) is 4.48. The van der Waals surface area contributed by atoms with Gasteiger partial charge in [0.25, 0.3) is 0 Å². The van der Waals surface area contributed by atoms with Crippen molar-refractivity contribution in [3.05, 3.63) is 35.0 Å². The van der Waals surface area contributed by atoms with Crippen LogP contribution in [0.5, 0.6) is 0 Å². The summed E-state index contributed by atoms with van der Waals surface area (Å²) in [4.78, 5) is 4.59. The van der Waals surface area contributed by atoms with Crippen molar-refractivity contribution in [3.63, 3.8) is 0 Å². The van der Waals surface area contributed by atoms with E-state index >= 15 is 0 Å². The lowest BCUT2D eigenvalue weighted by Gasteiger charge is -2.11. The number of anilines is 1. The van der Waals surface area contributed by atoms with Crippen LogP contribution >= 0.6 is 11.6 Å². The van der Waals surface area contributed by atoms with Gasteiger partial charge >= 0.3 is 0 Å². The van der Waals surface area contributed by atoms with Crippen LogP contribution in [0.15, 0.2) is 24.3 Å². The Labute approximate surface area is 107 Å². The van der Waals surface area contributed by atoms with E-state index in [4.69, 9.17) is 11.6 Å². The second-order valence-electron chi connectivity index (χ2n) is 4.08. The molecule has 0 saturated heterocycles. The zero-order chi connectivity index (χ0) is 12.3. The van der Waals surface area contributed by atoms with E-state index in [1.807, 2.05) is 12.1 Å². The summed E-state index contributed by atoms with van der Waals surface area (Å²) in [6, 6.07) is 8.04. The number of aryl methyl sites for hydroxylation is 1. The molecule has 0 spiro atoms. The van der Waals surface area contributed by atoms with Gasteiger partial charge in [-0.15, -0.1) is 0 Å². The highest BCUT2D eigenvalue weighted by atomic mass is 35.5. The molecule has 1 heterocycles. The standard InChI is InChI=1S/C14H17ClN2/c1-3-8-16-13-9-10(4-2)17-14-11(13)6-5-7-12(14)15/h5-7,9H,3-4,8H2,1-2H3,(H,16,17). The molecular formula is C14H17ClN2. The number of fused-ring (bicyclic) bond motifs is 1. The van der Waals surface area contributed by atoms with Crippen LogP contribution in [0.1, 0.15) is 26.0 Å². The zero-order valence-electron chi connectivity index (χ0n) is 10.3. The van der Waals surface area contributed by atoms with Crippen LogP contribution in [-0.2, 0) is 6.42 Å². The summed E-state index contributed by atoms with van der Waals surface area (Å²) >= 11 is 6.20. The highest BCUT2D eigenvalue weighted by molar-refractivity contribution is 6.35. The lowest BCUT2D eigenvalue weighted by molar-refractivity contribution is 0.977. The lowest BCUT2D eigenvalue weighted by atomic mass is 10.1. The number of aromatic nitrogens is 1. The molecule has 0 bridgehead atoms. The molecule has 0 aliphatic heterocycles. The molecule has 17 heavy (non-hydrogen) atoms. The van der Waals surface area contributed by atoms with E-state index in [0.717, 1.165) is 46.7 Å². The first kappa shape index (κ1) is 12.2. The van der Waals surface area contributed by atoms with Gasteiger partial charge in [-0.3, -0.25) is 4.98 Å². The summed E-state index contributed by atoms with van der Waals surface area (Å²) in [5, 5.41) is 5.26. The van der Waals surface area contributed by atoms with Crippen LogP contribution in [0, 0.1) is 0 Å². The fourth-order valence-corrected chi connectivity index (χ4v) is 2.07. The maximum absolute atomic E-state index is 6.20. The highest BCUT2D eigenvalue weighted by Crippen LogP contribution is 2.28. The van der Waals surface area contributed by atoms with Crippen LogP contribution in [0.3, 0.4) is 0 Å². The minimum absolute atomic E-state index is 0.720. The quantitative estimate of drug-likeness (QED) is 0.874. The second kappa shape index (κ2) is 5.37. The summed E-state index contributed by atoms with van der Waals surface area (Å²) in [6.07, 6.45) is 2.02. The van der Waals surface area contributed by atoms with E-state index in [0.29, 0.717) is 0 Å². The van der Waals surface area contributed by atoms with E-state index in [2.05, 4.69) is 36.3 Å². The Morgan fingerprint density at radius 1 is 1.29 bits per heavy atom. The number of benzene rings is 1. The fourth-order valence-electron chi connectivity index (χ4n) is 1.85. The molecule has 1 N–H and O–H groups in total. The Balaban J connectivity index is 2.58. The molecule has 0 unspecified atom stereocenters. The summed E-state index contributed by atoms with van der Waals surface area (Å²) < 4.78 is 0. The van der Waals surface area contributed by atoms with Crippen molar-refractivity contribution in [1.29, 1.82) is 0 Å². The Bertz CT molecular complexity index is 523. The third-order valence-corrected chi connectivity index (χ3v) is 3.08. The van der Waals surface area contributed by atoms with Gasteiger partial charge in [0.1, 0.15) is 0 Å². The fraction of sp³-hybridized carbons (Fsp3) is 0.357. The number of para-hydroxylation sites is 1. The average molecular weight is 249 g/mol. The number of rotatable bonds is 4. The summed E-state index contributed by atoms with van der Waals surface area (Å²) in [7, 11) is 0.